The highest BCUT2D eigenvalue weighted by Gasteiger charge is 2.43. The molecule has 0 radical (unpaired) electrons. The Balaban J connectivity index is 1.62. The van der Waals surface area contributed by atoms with Gasteiger partial charge in [-0.25, -0.2) is 0 Å². The van der Waals surface area contributed by atoms with Crippen LogP contribution in [-0.4, -0.2) is 30.8 Å². The van der Waals surface area contributed by atoms with E-state index in [9.17, 15) is 0 Å². The lowest BCUT2D eigenvalue weighted by Gasteiger charge is -2.17. The average Bonchev–Trinajstić information content (AvgIpc) is 3.28. The van der Waals surface area contributed by atoms with E-state index >= 15 is 0 Å². The Hall–Kier alpha value is -2.11. The molecule has 6 heteroatoms. The molecule has 1 fully saturated rings. The van der Waals surface area contributed by atoms with E-state index in [1.807, 2.05) is 18.2 Å². The molecular weight excluding hydrogens is 270 g/mol. The molecule has 1 saturated carbocycles. The first-order valence-corrected chi connectivity index (χ1v) is 7.31. The summed E-state index contributed by atoms with van der Waals surface area (Å²) in [6.45, 7) is 2.19. The van der Waals surface area contributed by atoms with E-state index in [2.05, 4.69) is 10.5 Å². The van der Waals surface area contributed by atoms with Gasteiger partial charge in [0, 0.05) is 31.1 Å². The Kier molecular flexibility index (Phi) is 3.77. The maximum atomic E-state index is 8.68. The van der Waals surface area contributed by atoms with E-state index in [0.29, 0.717) is 25.5 Å². The number of nitrogens with zero attached hydrogens (tertiary/aromatic N) is 1. The zero-order chi connectivity index (χ0) is 14.7. The highest BCUT2D eigenvalue weighted by atomic mass is 16.5. The minimum absolute atomic E-state index is 0.125. The van der Waals surface area contributed by atoms with Crippen LogP contribution in [-0.2, 0) is 0 Å². The van der Waals surface area contributed by atoms with Gasteiger partial charge in [0.05, 0.1) is 13.2 Å². The van der Waals surface area contributed by atoms with E-state index < -0.39 is 0 Å². The van der Waals surface area contributed by atoms with Crippen LogP contribution in [0.25, 0.3) is 0 Å². The third-order valence-corrected chi connectivity index (χ3v) is 4.06. The maximum Gasteiger partial charge on any atom is 0.163 e. The first-order valence-electron chi connectivity index (χ1n) is 7.31. The standard InChI is InChI=1S/C15H21N3O3/c16-14(18-19)9-15(4-5-15)10-17-11-2-3-12-13(8-11)21-7-1-6-20-12/h2-3,8,17,19H,1,4-7,9-10H2,(H2,16,18). The highest BCUT2D eigenvalue weighted by molar-refractivity contribution is 5.80. The minimum Gasteiger partial charge on any atom is -0.490 e. The van der Waals surface area contributed by atoms with Crippen LogP contribution >= 0.6 is 0 Å². The largest absolute Gasteiger partial charge is 0.490 e. The van der Waals surface area contributed by atoms with Crippen molar-refractivity contribution in [1.29, 1.82) is 0 Å². The molecule has 0 spiro atoms. The fraction of sp³-hybridized carbons (Fsp3) is 0.533. The van der Waals surface area contributed by atoms with Gasteiger partial charge in [-0.05, 0) is 30.4 Å². The first-order chi connectivity index (χ1) is 10.2. The van der Waals surface area contributed by atoms with Crippen molar-refractivity contribution < 1.29 is 14.7 Å². The lowest BCUT2D eigenvalue weighted by molar-refractivity contribution is 0.297. The van der Waals surface area contributed by atoms with Gasteiger partial charge in [-0.3, -0.25) is 0 Å². The summed E-state index contributed by atoms with van der Waals surface area (Å²) in [5, 5.41) is 15.2. The van der Waals surface area contributed by atoms with Crippen molar-refractivity contribution in [2.45, 2.75) is 25.7 Å². The van der Waals surface area contributed by atoms with Gasteiger partial charge in [0.2, 0.25) is 0 Å². The van der Waals surface area contributed by atoms with Crippen molar-refractivity contribution in [3.63, 3.8) is 0 Å². The first kappa shape index (κ1) is 13.9. The van der Waals surface area contributed by atoms with Gasteiger partial charge in [-0.15, -0.1) is 0 Å². The monoisotopic (exact) mass is 291 g/mol. The summed E-state index contributed by atoms with van der Waals surface area (Å²) in [5.41, 5.74) is 6.74. The molecule has 0 bridgehead atoms. The van der Waals surface area contributed by atoms with Crippen molar-refractivity contribution in [3.8, 4) is 11.5 Å². The van der Waals surface area contributed by atoms with E-state index in [-0.39, 0.29) is 5.41 Å². The molecular formula is C15H21N3O3. The molecule has 21 heavy (non-hydrogen) atoms. The van der Waals surface area contributed by atoms with Gasteiger partial charge < -0.3 is 25.7 Å². The number of hydrogen-bond donors (Lipinski definition) is 3. The Labute approximate surface area is 123 Å². The van der Waals surface area contributed by atoms with Gasteiger partial charge in [0.15, 0.2) is 11.5 Å². The zero-order valence-electron chi connectivity index (χ0n) is 12.0. The number of anilines is 1. The van der Waals surface area contributed by atoms with Crippen molar-refractivity contribution in [3.05, 3.63) is 18.2 Å². The minimum atomic E-state index is 0.125. The summed E-state index contributed by atoms with van der Waals surface area (Å²) in [5.74, 6) is 1.89. The summed E-state index contributed by atoms with van der Waals surface area (Å²) in [6.07, 6.45) is 3.73. The Morgan fingerprint density at radius 2 is 2.05 bits per heavy atom. The fourth-order valence-corrected chi connectivity index (χ4v) is 2.58. The number of nitrogens with two attached hydrogens (primary N) is 1. The normalized spacial score (nSPS) is 19.7. The maximum absolute atomic E-state index is 8.68. The SMILES string of the molecule is NC(CC1(CNc2ccc3c(c2)OCCCO3)CC1)=NO. The molecule has 0 atom stereocenters. The second kappa shape index (κ2) is 5.71. The molecule has 2 aliphatic rings. The van der Waals surface area contributed by atoms with Crippen LogP contribution in [0.15, 0.2) is 23.4 Å². The van der Waals surface area contributed by atoms with E-state index in [4.69, 9.17) is 20.4 Å². The Bertz CT molecular complexity index is 541. The number of benzene rings is 1. The number of fused-ring (bicyclic) bond motifs is 1. The van der Waals surface area contributed by atoms with Gasteiger partial charge in [-0.1, -0.05) is 5.16 Å². The molecule has 1 aromatic rings. The molecule has 1 aliphatic carbocycles. The molecule has 114 valence electrons. The average molecular weight is 291 g/mol. The second-order valence-electron chi connectivity index (χ2n) is 5.83. The zero-order valence-corrected chi connectivity index (χ0v) is 12.0. The smallest absolute Gasteiger partial charge is 0.163 e. The van der Waals surface area contributed by atoms with Gasteiger partial charge in [0.25, 0.3) is 0 Å². The van der Waals surface area contributed by atoms with Gasteiger partial charge in [-0.2, -0.15) is 0 Å². The van der Waals surface area contributed by atoms with Crippen molar-refractivity contribution in [2.75, 3.05) is 25.1 Å². The van der Waals surface area contributed by atoms with Crippen LogP contribution in [0.2, 0.25) is 0 Å². The van der Waals surface area contributed by atoms with E-state index in [0.717, 1.165) is 43.0 Å². The van der Waals surface area contributed by atoms with Crippen molar-refractivity contribution in [2.24, 2.45) is 16.3 Å². The molecule has 1 aromatic carbocycles. The van der Waals surface area contributed by atoms with E-state index in [1.54, 1.807) is 0 Å². The number of amidine groups is 1. The summed E-state index contributed by atoms with van der Waals surface area (Å²) >= 11 is 0. The highest BCUT2D eigenvalue weighted by Crippen LogP contribution is 2.48. The molecule has 1 aliphatic heterocycles. The summed E-state index contributed by atoms with van der Waals surface area (Å²) in [6, 6.07) is 5.90. The number of nitrogens with one attached hydrogen (secondary N) is 1. The molecule has 6 nitrogen and oxygen atoms in total. The summed E-state index contributed by atoms with van der Waals surface area (Å²) in [7, 11) is 0. The third kappa shape index (κ3) is 3.32. The molecule has 0 aromatic heterocycles. The van der Waals surface area contributed by atoms with Crippen molar-refractivity contribution >= 4 is 11.5 Å². The molecule has 0 amide bonds. The predicted molar refractivity (Wildman–Crippen MR) is 80.2 cm³/mol. The van der Waals surface area contributed by atoms with Gasteiger partial charge in [0.1, 0.15) is 5.84 Å². The lowest BCUT2D eigenvalue weighted by atomic mass is 10.0. The topological polar surface area (TPSA) is 89.1 Å². The molecule has 0 unspecified atom stereocenters. The van der Waals surface area contributed by atoms with E-state index in [1.165, 1.54) is 0 Å². The second-order valence-corrected chi connectivity index (χ2v) is 5.83. The Morgan fingerprint density at radius 1 is 1.29 bits per heavy atom. The van der Waals surface area contributed by atoms with Crippen LogP contribution in [0, 0.1) is 5.41 Å². The quantitative estimate of drug-likeness (QED) is 0.335. The van der Waals surface area contributed by atoms with Crippen molar-refractivity contribution in [1.82, 2.24) is 0 Å². The number of hydrogen-bond acceptors (Lipinski definition) is 5. The fourth-order valence-electron chi connectivity index (χ4n) is 2.58. The molecule has 1 heterocycles. The lowest BCUT2D eigenvalue weighted by Crippen LogP contribution is -2.23. The van der Waals surface area contributed by atoms with Gasteiger partial charge >= 0.3 is 0 Å². The third-order valence-electron chi connectivity index (χ3n) is 4.06. The Morgan fingerprint density at radius 3 is 2.76 bits per heavy atom. The van der Waals surface area contributed by atoms with Crippen LogP contribution in [0.5, 0.6) is 11.5 Å². The molecule has 0 saturated heterocycles. The molecule has 4 N–H and O–H groups in total. The summed E-state index contributed by atoms with van der Waals surface area (Å²) < 4.78 is 11.3. The number of rotatable bonds is 5. The predicted octanol–water partition coefficient (Wildman–Crippen LogP) is 2.18. The van der Waals surface area contributed by atoms with Crippen LogP contribution in [0.3, 0.4) is 0 Å². The van der Waals surface area contributed by atoms with Crippen LogP contribution in [0.1, 0.15) is 25.7 Å². The number of oxime groups is 1. The summed E-state index contributed by atoms with van der Waals surface area (Å²) in [4.78, 5) is 0. The number of ether oxygens (including phenoxy) is 2. The van der Waals surface area contributed by atoms with Crippen LogP contribution < -0.4 is 20.5 Å². The molecule has 3 rings (SSSR count). The van der Waals surface area contributed by atoms with Crippen LogP contribution in [0.4, 0.5) is 5.69 Å².